The fourth-order valence-corrected chi connectivity index (χ4v) is 3.85. The van der Waals surface area contributed by atoms with Gasteiger partial charge in [0.1, 0.15) is 11.3 Å². The molecule has 216 valence electrons. The Hall–Kier alpha value is -6.64. The van der Waals surface area contributed by atoms with Crippen LogP contribution in [0.2, 0.25) is 0 Å². The van der Waals surface area contributed by atoms with Crippen LogP contribution in [0.5, 0.6) is 11.5 Å². The molecule has 0 fully saturated rings. The third kappa shape index (κ3) is 6.75. The Labute approximate surface area is 240 Å². The van der Waals surface area contributed by atoms with Gasteiger partial charge in [0, 0.05) is 41.1 Å². The summed E-state index contributed by atoms with van der Waals surface area (Å²) in [7, 11) is 0. The number of carbonyl (C=O) groups is 4. The summed E-state index contributed by atoms with van der Waals surface area (Å²) in [5, 5.41) is 46.3. The maximum absolute atomic E-state index is 13.1. The largest absolute Gasteiger partial charge is 0.478 e. The van der Waals surface area contributed by atoms with Crippen molar-refractivity contribution in [2.75, 3.05) is 10.6 Å². The predicted molar refractivity (Wildman–Crippen MR) is 149 cm³/mol. The van der Waals surface area contributed by atoms with Gasteiger partial charge in [0.25, 0.3) is 23.2 Å². The summed E-state index contributed by atoms with van der Waals surface area (Å²) >= 11 is 0. The van der Waals surface area contributed by atoms with Crippen LogP contribution < -0.4 is 15.4 Å². The minimum Gasteiger partial charge on any atom is -0.478 e. The van der Waals surface area contributed by atoms with E-state index in [0.29, 0.717) is 0 Å². The van der Waals surface area contributed by atoms with Crippen LogP contribution >= 0.6 is 0 Å². The molecule has 0 atom stereocenters. The van der Waals surface area contributed by atoms with E-state index in [1.54, 1.807) is 0 Å². The van der Waals surface area contributed by atoms with Crippen molar-refractivity contribution in [2.45, 2.75) is 0 Å². The van der Waals surface area contributed by atoms with Crippen molar-refractivity contribution in [1.29, 1.82) is 0 Å². The number of nitrogens with zero attached hydrogens (tertiary/aromatic N) is 2. The maximum Gasteiger partial charge on any atom is 0.340 e. The number of hydrogen-bond donors (Lipinski definition) is 4. The molecule has 0 aromatic heterocycles. The van der Waals surface area contributed by atoms with E-state index >= 15 is 0 Å². The molecule has 43 heavy (non-hydrogen) atoms. The lowest BCUT2D eigenvalue weighted by atomic mass is 10.1. The van der Waals surface area contributed by atoms with Gasteiger partial charge >= 0.3 is 11.9 Å². The first-order chi connectivity index (χ1) is 20.4. The van der Waals surface area contributed by atoms with E-state index in [2.05, 4.69) is 10.6 Å². The maximum atomic E-state index is 13.1. The summed E-state index contributed by atoms with van der Waals surface area (Å²) in [6, 6.07) is 17.0. The molecule has 0 unspecified atom stereocenters. The van der Waals surface area contributed by atoms with Crippen molar-refractivity contribution >= 4 is 46.5 Å². The van der Waals surface area contributed by atoms with E-state index in [0.717, 1.165) is 18.2 Å². The SMILES string of the molecule is O=C(Nc1ccc(Oc2cccc(C(=O)O)c2C(=O)O)c(NC(=O)c2cccc([N+](=O)[O-])c2)c1)c1cccc([N+](=O)[O-])c1. The highest BCUT2D eigenvalue weighted by molar-refractivity contribution is 6.08. The van der Waals surface area contributed by atoms with Gasteiger partial charge < -0.3 is 25.6 Å². The molecule has 4 aromatic carbocycles. The number of hydrogen-bond acceptors (Lipinski definition) is 9. The Kier molecular flexibility index (Phi) is 8.36. The summed E-state index contributed by atoms with van der Waals surface area (Å²) in [6.07, 6.45) is 0. The third-order valence-electron chi connectivity index (χ3n) is 5.81. The Morgan fingerprint density at radius 3 is 1.74 bits per heavy atom. The summed E-state index contributed by atoms with van der Waals surface area (Å²) in [6.45, 7) is 0. The van der Waals surface area contributed by atoms with Gasteiger partial charge in [-0.15, -0.1) is 0 Å². The highest BCUT2D eigenvalue weighted by Gasteiger charge is 2.23. The number of nitrogens with one attached hydrogen (secondary N) is 2. The van der Waals surface area contributed by atoms with Gasteiger partial charge in [-0.05, 0) is 42.5 Å². The van der Waals surface area contributed by atoms with Crippen LogP contribution in [-0.2, 0) is 0 Å². The van der Waals surface area contributed by atoms with Crippen molar-refractivity contribution in [3.8, 4) is 11.5 Å². The topological polar surface area (TPSA) is 228 Å². The normalized spacial score (nSPS) is 10.3. The van der Waals surface area contributed by atoms with Crippen molar-refractivity contribution in [2.24, 2.45) is 0 Å². The number of non-ortho nitro benzene ring substituents is 2. The van der Waals surface area contributed by atoms with E-state index in [9.17, 15) is 49.6 Å². The van der Waals surface area contributed by atoms with Crippen LogP contribution in [0.15, 0.2) is 84.9 Å². The van der Waals surface area contributed by atoms with Gasteiger partial charge in [-0.2, -0.15) is 0 Å². The van der Waals surface area contributed by atoms with Gasteiger partial charge in [-0.1, -0.05) is 18.2 Å². The lowest BCUT2D eigenvalue weighted by Crippen LogP contribution is -2.15. The van der Waals surface area contributed by atoms with Crippen LogP contribution in [-0.4, -0.2) is 43.8 Å². The van der Waals surface area contributed by atoms with Gasteiger partial charge in [0.15, 0.2) is 5.75 Å². The van der Waals surface area contributed by atoms with E-state index in [-0.39, 0.29) is 45.4 Å². The van der Waals surface area contributed by atoms with Crippen LogP contribution in [0.4, 0.5) is 22.7 Å². The van der Waals surface area contributed by atoms with Gasteiger partial charge in [0.05, 0.1) is 21.1 Å². The molecule has 2 amide bonds. The van der Waals surface area contributed by atoms with Gasteiger partial charge in [-0.25, -0.2) is 9.59 Å². The number of ether oxygens (including phenoxy) is 1. The first-order valence-electron chi connectivity index (χ1n) is 12.0. The second-order valence-electron chi connectivity index (χ2n) is 8.63. The van der Waals surface area contributed by atoms with Crippen LogP contribution in [0, 0.1) is 20.2 Å². The van der Waals surface area contributed by atoms with Gasteiger partial charge in [0.2, 0.25) is 0 Å². The average molecular weight is 586 g/mol. The molecule has 15 heteroatoms. The van der Waals surface area contributed by atoms with E-state index < -0.39 is 44.7 Å². The Morgan fingerprint density at radius 2 is 1.21 bits per heavy atom. The number of carboxylic acids is 2. The van der Waals surface area contributed by atoms with Crippen LogP contribution in [0.3, 0.4) is 0 Å². The molecule has 0 spiro atoms. The Balaban J connectivity index is 1.74. The number of benzene rings is 4. The van der Waals surface area contributed by atoms with Gasteiger partial charge in [-0.3, -0.25) is 29.8 Å². The fraction of sp³-hybridized carbons (Fsp3) is 0. The lowest BCUT2D eigenvalue weighted by molar-refractivity contribution is -0.385. The summed E-state index contributed by atoms with van der Waals surface area (Å²) in [4.78, 5) is 70.2. The van der Waals surface area contributed by atoms with Crippen LogP contribution in [0.1, 0.15) is 41.4 Å². The molecule has 4 N–H and O–H groups in total. The molecule has 0 saturated carbocycles. The predicted octanol–water partition coefficient (Wildman–Crippen LogP) is 5.20. The first kappa shape index (κ1) is 29.3. The van der Waals surface area contributed by atoms with E-state index in [1.165, 1.54) is 66.7 Å². The smallest absolute Gasteiger partial charge is 0.340 e. The number of nitro groups is 2. The average Bonchev–Trinajstić information content (AvgIpc) is 2.98. The summed E-state index contributed by atoms with van der Waals surface area (Å²) in [5.74, 6) is -5.27. The molecule has 15 nitrogen and oxygen atoms in total. The highest BCUT2D eigenvalue weighted by atomic mass is 16.6. The second kappa shape index (κ2) is 12.3. The van der Waals surface area contributed by atoms with Crippen molar-refractivity contribution in [3.05, 3.63) is 127 Å². The number of rotatable bonds is 10. The Morgan fingerprint density at radius 1 is 0.651 bits per heavy atom. The molecule has 4 aromatic rings. The summed E-state index contributed by atoms with van der Waals surface area (Å²) in [5.41, 5.74) is -2.17. The fourth-order valence-electron chi connectivity index (χ4n) is 3.85. The number of amides is 2. The minimum absolute atomic E-state index is 0.0479. The zero-order chi connectivity index (χ0) is 31.3. The zero-order valence-electron chi connectivity index (χ0n) is 21.5. The van der Waals surface area contributed by atoms with Crippen molar-refractivity contribution in [1.82, 2.24) is 0 Å². The molecule has 4 rings (SSSR count). The van der Waals surface area contributed by atoms with E-state index in [1.807, 2.05) is 0 Å². The molecule has 0 radical (unpaired) electrons. The summed E-state index contributed by atoms with van der Waals surface area (Å²) < 4.78 is 5.72. The number of anilines is 2. The molecule has 0 heterocycles. The molecule has 0 saturated heterocycles. The number of nitro benzene ring substituents is 2. The second-order valence-corrected chi connectivity index (χ2v) is 8.63. The third-order valence-corrected chi connectivity index (χ3v) is 5.81. The molecular weight excluding hydrogens is 568 g/mol. The molecule has 0 aliphatic carbocycles. The monoisotopic (exact) mass is 586 g/mol. The minimum atomic E-state index is -1.60. The molecule has 0 aliphatic rings. The van der Waals surface area contributed by atoms with Crippen LogP contribution in [0.25, 0.3) is 0 Å². The first-order valence-corrected chi connectivity index (χ1v) is 12.0. The quantitative estimate of drug-likeness (QED) is 0.139. The molecule has 0 aliphatic heterocycles. The number of carboxylic acid groups (broad SMARTS) is 2. The molecule has 0 bridgehead atoms. The standard InChI is InChI=1S/C28H18N4O11/c33-25(15-4-1-6-18(12-15)31(39)40)29-17-10-11-22(43-23-9-3-8-20(27(35)36)24(23)28(37)38)21(14-17)30-26(34)16-5-2-7-19(13-16)32(41)42/h1-14H,(H,29,33)(H,30,34)(H,35,36)(H,37,38). The highest BCUT2D eigenvalue weighted by Crippen LogP contribution is 2.35. The lowest BCUT2D eigenvalue weighted by Gasteiger charge is -2.16. The number of carbonyl (C=O) groups excluding carboxylic acids is 2. The zero-order valence-corrected chi connectivity index (χ0v) is 21.5. The number of aromatic carboxylic acids is 2. The van der Waals surface area contributed by atoms with Crippen molar-refractivity contribution in [3.63, 3.8) is 0 Å². The Bertz CT molecular complexity index is 1820. The van der Waals surface area contributed by atoms with Crippen molar-refractivity contribution < 1.29 is 44.0 Å². The van der Waals surface area contributed by atoms with E-state index in [4.69, 9.17) is 4.74 Å². The molecular formula is C28H18N4O11.